The highest BCUT2D eigenvalue weighted by molar-refractivity contribution is 7.98. The van der Waals surface area contributed by atoms with Crippen molar-refractivity contribution < 1.29 is 9.32 Å². The van der Waals surface area contributed by atoms with E-state index in [0.717, 1.165) is 16.2 Å². The predicted octanol–water partition coefficient (Wildman–Crippen LogP) is 5.61. The van der Waals surface area contributed by atoms with Crippen LogP contribution < -0.4 is 0 Å². The fourth-order valence-electron chi connectivity index (χ4n) is 3.12. The van der Waals surface area contributed by atoms with Crippen molar-refractivity contribution in [3.05, 3.63) is 101 Å². The molecule has 31 heavy (non-hydrogen) atoms. The molecule has 4 aromatic rings. The van der Waals surface area contributed by atoms with Gasteiger partial charge >= 0.3 is 0 Å². The average molecular weight is 430 g/mol. The van der Waals surface area contributed by atoms with Crippen molar-refractivity contribution in [2.45, 2.75) is 24.1 Å². The van der Waals surface area contributed by atoms with Gasteiger partial charge in [-0.25, -0.2) is 0 Å². The minimum Gasteiger partial charge on any atom is -0.337 e. The number of carbonyl (C=O) groups is 1. The van der Waals surface area contributed by atoms with Gasteiger partial charge in [-0.05, 0) is 24.6 Å². The van der Waals surface area contributed by atoms with Gasteiger partial charge in [-0.2, -0.15) is 4.98 Å². The van der Waals surface area contributed by atoms with Crippen LogP contribution in [0.3, 0.4) is 0 Å². The van der Waals surface area contributed by atoms with Crippen LogP contribution in [-0.4, -0.2) is 28.0 Å². The van der Waals surface area contributed by atoms with Gasteiger partial charge in [-0.1, -0.05) is 77.5 Å². The maximum Gasteiger partial charge on any atom is 0.255 e. The van der Waals surface area contributed by atoms with Crippen LogP contribution in [0.25, 0.3) is 11.4 Å². The molecule has 1 amide bonds. The molecule has 0 aliphatic carbocycles. The van der Waals surface area contributed by atoms with E-state index in [1.54, 1.807) is 23.7 Å². The summed E-state index contributed by atoms with van der Waals surface area (Å²) in [5.74, 6) is 1.65. The van der Waals surface area contributed by atoms with E-state index in [9.17, 15) is 4.79 Å². The zero-order valence-corrected chi connectivity index (χ0v) is 18.3. The highest BCUT2D eigenvalue weighted by Gasteiger charge is 2.19. The number of aromatic nitrogens is 2. The molecule has 4 rings (SSSR count). The summed E-state index contributed by atoms with van der Waals surface area (Å²) in [6.07, 6.45) is 0. The van der Waals surface area contributed by atoms with Gasteiger partial charge in [0.25, 0.3) is 5.91 Å². The summed E-state index contributed by atoms with van der Waals surface area (Å²) >= 11 is 1.66. The number of benzene rings is 3. The Balaban J connectivity index is 1.44. The third-order valence-electron chi connectivity index (χ3n) is 4.85. The first-order chi connectivity index (χ1) is 15.1. The summed E-state index contributed by atoms with van der Waals surface area (Å²) < 4.78 is 5.38. The van der Waals surface area contributed by atoms with Gasteiger partial charge in [0.05, 0.1) is 12.1 Å². The number of carbonyl (C=O) groups excluding carboxylic acids is 1. The quantitative estimate of drug-likeness (QED) is 0.357. The van der Waals surface area contributed by atoms with Gasteiger partial charge < -0.3 is 9.42 Å². The minimum atomic E-state index is -0.0775. The minimum absolute atomic E-state index is 0.0775. The van der Waals surface area contributed by atoms with Gasteiger partial charge in [0.1, 0.15) is 0 Å². The van der Waals surface area contributed by atoms with Crippen molar-refractivity contribution in [2.24, 2.45) is 0 Å². The molecule has 1 aromatic heterocycles. The van der Waals surface area contributed by atoms with Crippen LogP contribution in [0.4, 0.5) is 0 Å². The first-order valence-corrected chi connectivity index (χ1v) is 11.0. The fraction of sp³-hybridized carbons (Fsp3) is 0.160. The van der Waals surface area contributed by atoms with E-state index in [0.29, 0.717) is 17.3 Å². The van der Waals surface area contributed by atoms with Gasteiger partial charge in [0, 0.05) is 23.3 Å². The molecule has 0 unspecified atom stereocenters. The lowest BCUT2D eigenvalue weighted by molar-refractivity contribution is 0.0766. The molecule has 3 aromatic carbocycles. The first-order valence-electron chi connectivity index (χ1n) is 10.0. The van der Waals surface area contributed by atoms with Crippen molar-refractivity contribution in [2.75, 3.05) is 7.05 Å². The lowest BCUT2D eigenvalue weighted by atomic mass is 10.1. The third-order valence-corrected chi connectivity index (χ3v) is 6.00. The van der Waals surface area contributed by atoms with Crippen LogP contribution in [0, 0.1) is 6.92 Å². The molecule has 0 bridgehead atoms. The number of amides is 1. The number of aryl methyl sites for hydroxylation is 1. The van der Waals surface area contributed by atoms with Crippen molar-refractivity contribution in [3.8, 4) is 11.4 Å². The fourth-order valence-corrected chi connectivity index (χ4v) is 4.12. The third kappa shape index (κ3) is 5.22. The lowest BCUT2D eigenvalue weighted by Gasteiger charge is -2.17. The standard InChI is InChI=1S/C25H23N3O2S/c1-18-12-14-20(15-13-18)24-26-23(30-27-24)16-28(2)25(29)21-10-6-7-11-22(21)31-17-19-8-4-3-5-9-19/h3-15H,16-17H2,1-2H3. The average Bonchev–Trinajstić information content (AvgIpc) is 3.27. The summed E-state index contributed by atoms with van der Waals surface area (Å²) in [5, 5.41) is 4.05. The van der Waals surface area contributed by atoms with Crippen molar-refractivity contribution in [1.82, 2.24) is 15.0 Å². The second-order valence-electron chi connectivity index (χ2n) is 7.31. The van der Waals surface area contributed by atoms with Crippen LogP contribution in [0.2, 0.25) is 0 Å². The Bertz CT molecular complexity index is 1160. The number of hydrogen-bond acceptors (Lipinski definition) is 5. The number of thioether (sulfide) groups is 1. The van der Waals surface area contributed by atoms with Gasteiger partial charge in [-0.15, -0.1) is 11.8 Å². The zero-order valence-electron chi connectivity index (χ0n) is 17.5. The predicted molar refractivity (Wildman–Crippen MR) is 123 cm³/mol. The molecule has 5 nitrogen and oxygen atoms in total. The molecule has 0 spiro atoms. The van der Waals surface area contributed by atoms with Gasteiger partial charge in [0.2, 0.25) is 11.7 Å². The summed E-state index contributed by atoms with van der Waals surface area (Å²) in [6, 6.07) is 25.8. The second-order valence-corrected chi connectivity index (χ2v) is 8.33. The Morgan fingerprint density at radius 2 is 1.68 bits per heavy atom. The van der Waals surface area contributed by atoms with Crippen LogP contribution in [-0.2, 0) is 12.3 Å². The molecule has 0 saturated carbocycles. The lowest BCUT2D eigenvalue weighted by Crippen LogP contribution is -2.26. The second kappa shape index (κ2) is 9.62. The molecule has 0 saturated heterocycles. The smallest absolute Gasteiger partial charge is 0.255 e. The SMILES string of the molecule is Cc1ccc(-c2noc(CN(C)C(=O)c3ccccc3SCc3ccccc3)n2)cc1. The van der Waals surface area contributed by atoms with E-state index in [2.05, 4.69) is 22.3 Å². The Hall–Kier alpha value is -3.38. The van der Waals surface area contributed by atoms with Gasteiger partial charge in [-0.3, -0.25) is 4.79 Å². The molecule has 0 aliphatic heterocycles. The molecule has 6 heteroatoms. The number of nitrogens with zero attached hydrogens (tertiary/aromatic N) is 3. The van der Waals surface area contributed by atoms with E-state index in [-0.39, 0.29) is 12.5 Å². The topological polar surface area (TPSA) is 59.2 Å². The van der Waals surface area contributed by atoms with Crippen molar-refractivity contribution >= 4 is 17.7 Å². The maximum atomic E-state index is 13.1. The van der Waals surface area contributed by atoms with E-state index in [1.807, 2.05) is 73.7 Å². The number of hydrogen-bond donors (Lipinski definition) is 0. The molecule has 1 heterocycles. The summed E-state index contributed by atoms with van der Waals surface area (Å²) in [5.41, 5.74) is 3.95. The highest BCUT2D eigenvalue weighted by atomic mass is 32.2. The van der Waals surface area contributed by atoms with E-state index >= 15 is 0 Å². The van der Waals surface area contributed by atoms with E-state index in [1.165, 1.54) is 11.1 Å². The summed E-state index contributed by atoms with van der Waals surface area (Å²) in [4.78, 5) is 20.1. The maximum absolute atomic E-state index is 13.1. The molecule has 0 N–H and O–H groups in total. The van der Waals surface area contributed by atoms with Crippen LogP contribution in [0.5, 0.6) is 0 Å². The Morgan fingerprint density at radius 1 is 0.968 bits per heavy atom. The van der Waals surface area contributed by atoms with Crippen LogP contribution in [0.15, 0.2) is 88.3 Å². The van der Waals surface area contributed by atoms with Crippen LogP contribution >= 0.6 is 11.8 Å². The van der Waals surface area contributed by atoms with E-state index < -0.39 is 0 Å². The molecule has 156 valence electrons. The van der Waals surface area contributed by atoms with Crippen LogP contribution in [0.1, 0.15) is 27.4 Å². The van der Waals surface area contributed by atoms with Gasteiger partial charge in [0.15, 0.2) is 0 Å². The van der Waals surface area contributed by atoms with Crippen molar-refractivity contribution in [3.63, 3.8) is 0 Å². The molecular weight excluding hydrogens is 406 g/mol. The Labute approximate surface area is 186 Å². The Morgan fingerprint density at radius 3 is 2.45 bits per heavy atom. The largest absolute Gasteiger partial charge is 0.337 e. The first kappa shape index (κ1) is 20.9. The molecule has 0 radical (unpaired) electrons. The monoisotopic (exact) mass is 429 g/mol. The molecule has 0 atom stereocenters. The van der Waals surface area contributed by atoms with E-state index in [4.69, 9.17) is 4.52 Å². The summed E-state index contributed by atoms with van der Waals surface area (Å²) in [6.45, 7) is 2.28. The summed E-state index contributed by atoms with van der Waals surface area (Å²) in [7, 11) is 1.75. The highest BCUT2D eigenvalue weighted by Crippen LogP contribution is 2.27. The number of rotatable bonds is 7. The molecule has 0 aliphatic rings. The Kier molecular flexibility index (Phi) is 6.48. The molecular formula is C25H23N3O2S. The zero-order chi connectivity index (χ0) is 21.6. The van der Waals surface area contributed by atoms with Crippen molar-refractivity contribution in [1.29, 1.82) is 0 Å². The molecule has 0 fully saturated rings. The normalized spacial score (nSPS) is 10.8.